The zero-order valence-corrected chi connectivity index (χ0v) is 13.4. The molecule has 0 saturated carbocycles. The van der Waals surface area contributed by atoms with E-state index in [9.17, 15) is 14.0 Å². The van der Waals surface area contributed by atoms with Gasteiger partial charge in [-0.3, -0.25) is 9.59 Å². The van der Waals surface area contributed by atoms with Crippen LogP contribution < -0.4 is 4.90 Å². The Hall–Kier alpha value is -2.95. The molecule has 0 radical (unpaired) electrons. The molecule has 1 aliphatic heterocycles. The normalized spacial score (nSPS) is 16.0. The number of carbonyl (C=O) groups excluding carboxylic acids is 2. The molecule has 3 rings (SSSR count). The number of anilines is 1. The minimum atomic E-state index is -0.632. The lowest BCUT2D eigenvalue weighted by molar-refractivity contribution is -0.113. The fourth-order valence-corrected chi connectivity index (χ4v) is 2.81. The topological polar surface area (TPSA) is 46.6 Å². The van der Waals surface area contributed by atoms with Gasteiger partial charge in [-0.05, 0) is 32.0 Å². The van der Waals surface area contributed by atoms with Gasteiger partial charge in [0, 0.05) is 11.1 Å². The number of rotatable bonds is 3. The lowest BCUT2D eigenvalue weighted by Gasteiger charge is -2.29. The summed E-state index contributed by atoms with van der Waals surface area (Å²) in [6.45, 7) is 3.87. The quantitative estimate of drug-likeness (QED) is 0.490. The molecule has 0 aromatic heterocycles. The number of benzene rings is 2. The molecule has 0 atom stereocenters. The van der Waals surface area contributed by atoms with Crippen LogP contribution in [-0.4, -0.2) is 18.4 Å². The highest BCUT2D eigenvalue weighted by Gasteiger charge is 2.38. The van der Waals surface area contributed by atoms with E-state index in [1.165, 1.54) is 18.2 Å². The van der Waals surface area contributed by atoms with Gasteiger partial charge in [-0.15, -0.1) is 0 Å². The second-order valence-corrected chi connectivity index (χ2v) is 5.31. The van der Waals surface area contributed by atoms with Crippen LogP contribution >= 0.6 is 0 Å². The second-order valence-electron chi connectivity index (χ2n) is 5.31. The van der Waals surface area contributed by atoms with Crippen molar-refractivity contribution in [2.45, 2.75) is 13.8 Å². The second kappa shape index (κ2) is 6.28. The van der Waals surface area contributed by atoms with Crippen molar-refractivity contribution in [2.24, 2.45) is 0 Å². The summed E-state index contributed by atoms with van der Waals surface area (Å²) in [6, 6.07) is 12.5. The Morgan fingerprint density at radius 2 is 1.62 bits per heavy atom. The predicted octanol–water partition coefficient (Wildman–Crippen LogP) is 3.78. The largest absolute Gasteiger partial charge is 0.498 e. The first-order chi connectivity index (χ1) is 11.6. The molecule has 0 unspecified atom stereocenters. The van der Waals surface area contributed by atoms with Crippen molar-refractivity contribution >= 4 is 23.1 Å². The van der Waals surface area contributed by atoms with Gasteiger partial charge in [-0.1, -0.05) is 30.3 Å². The van der Waals surface area contributed by atoms with E-state index < -0.39 is 17.6 Å². The fraction of sp³-hybridized carbons (Fsp3) is 0.158. The number of para-hydroxylation sites is 1. The summed E-state index contributed by atoms with van der Waals surface area (Å²) in [5, 5.41) is 0. The minimum Gasteiger partial charge on any atom is -0.498 e. The molecule has 1 heterocycles. The number of hydrogen-bond donors (Lipinski definition) is 0. The molecule has 5 heteroatoms. The number of fused-ring (bicyclic) bond motifs is 1. The van der Waals surface area contributed by atoms with Crippen molar-refractivity contribution in [1.82, 2.24) is 0 Å². The summed E-state index contributed by atoms with van der Waals surface area (Å²) in [5.41, 5.74) is 1.06. The van der Waals surface area contributed by atoms with Crippen molar-refractivity contribution in [3.8, 4) is 0 Å². The average Bonchev–Trinajstić information content (AvgIpc) is 2.57. The molecule has 2 aromatic carbocycles. The molecular weight excluding hydrogens is 309 g/mol. The Balaban J connectivity index is 2.25. The number of hydrogen-bond acceptors (Lipinski definition) is 3. The van der Waals surface area contributed by atoms with Gasteiger partial charge in [0.25, 0.3) is 11.8 Å². The van der Waals surface area contributed by atoms with Crippen molar-refractivity contribution in [2.75, 3.05) is 11.5 Å². The number of allylic oxidation sites excluding steroid dienone is 1. The zero-order valence-electron chi connectivity index (χ0n) is 13.4. The standard InChI is InChI=1S/C19H16FNO3/c1-3-24-12(2)17-13-8-4-5-9-14(13)18(22)21(19(17)23)16-11-7-6-10-15(16)20/h4-11H,3H2,1-2H3. The average molecular weight is 325 g/mol. The van der Waals surface area contributed by atoms with E-state index in [2.05, 4.69) is 0 Å². The van der Waals surface area contributed by atoms with Crippen molar-refractivity contribution in [3.63, 3.8) is 0 Å². The lowest BCUT2D eigenvalue weighted by Crippen LogP contribution is -2.42. The molecule has 24 heavy (non-hydrogen) atoms. The van der Waals surface area contributed by atoms with Crippen LogP contribution in [0.1, 0.15) is 29.8 Å². The molecule has 2 amide bonds. The van der Waals surface area contributed by atoms with E-state index in [4.69, 9.17) is 4.74 Å². The van der Waals surface area contributed by atoms with Gasteiger partial charge in [-0.25, -0.2) is 9.29 Å². The maximum atomic E-state index is 14.2. The summed E-state index contributed by atoms with van der Waals surface area (Å²) >= 11 is 0. The van der Waals surface area contributed by atoms with Gasteiger partial charge >= 0.3 is 0 Å². The molecule has 4 nitrogen and oxygen atoms in total. The first-order valence-corrected chi connectivity index (χ1v) is 7.62. The molecule has 122 valence electrons. The third-order valence-electron chi connectivity index (χ3n) is 3.85. The van der Waals surface area contributed by atoms with Crippen LogP contribution in [0.25, 0.3) is 5.57 Å². The lowest BCUT2D eigenvalue weighted by atomic mass is 9.92. The van der Waals surface area contributed by atoms with E-state index in [1.54, 1.807) is 37.3 Å². The summed E-state index contributed by atoms with van der Waals surface area (Å²) in [7, 11) is 0. The van der Waals surface area contributed by atoms with Gasteiger partial charge in [0.05, 0.1) is 17.9 Å². The van der Waals surface area contributed by atoms with Crippen LogP contribution in [0.4, 0.5) is 10.1 Å². The van der Waals surface area contributed by atoms with E-state index in [-0.39, 0.29) is 11.3 Å². The molecule has 0 spiro atoms. The maximum Gasteiger partial charge on any atom is 0.269 e. The molecule has 0 N–H and O–H groups in total. The molecular formula is C19H16FNO3. The summed E-state index contributed by atoms with van der Waals surface area (Å²) in [5.74, 6) is -1.36. The number of halogens is 1. The summed E-state index contributed by atoms with van der Waals surface area (Å²) in [4.78, 5) is 26.6. The van der Waals surface area contributed by atoms with E-state index >= 15 is 0 Å². The molecule has 0 bridgehead atoms. The number of imide groups is 1. The Morgan fingerprint density at radius 3 is 2.29 bits per heavy atom. The zero-order chi connectivity index (χ0) is 17.3. The van der Waals surface area contributed by atoms with Crippen LogP contribution in [-0.2, 0) is 9.53 Å². The monoisotopic (exact) mass is 325 g/mol. The number of carbonyl (C=O) groups is 2. The molecule has 0 aliphatic carbocycles. The first-order valence-electron chi connectivity index (χ1n) is 7.62. The molecule has 0 saturated heterocycles. The first kappa shape index (κ1) is 15.9. The molecule has 1 aliphatic rings. The highest BCUT2D eigenvalue weighted by atomic mass is 19.1. The van der Waals surface area contributed by atoms with E-state index in [0.717, 1.165) is 4.90 Å². The number of ether oxygens (including phenoxy) is 1. The van der Waals surface area contributed by atoms with Crippen LogP contribution in [0.5, 0.6) is 0 Å². The maximum absolute atomic E-state index is 14.2. The Bertz CT molecular complexity index is 857. The van der Waals surface area contributed by atoms with Gasteiger partial charge in [0.2, 0.25) is 0 Å². The Kier molecular flexibility index (Phi) is 4.16. The third-order valence-corrected chi connectivity index (χ3v) is 3.85. The van der Waals surface area contributed by atoms with Gasteiger partial charge < -0.3 is 4.74 Å². The fourth-order valence-electron chi connectivity index (χ4n) is 2.81. The van der Waals surface area contributed by atoms with Crippen molar-refractivity contribution in [1.29, 1.82) is 0 Å². The SMILES string of the molecule is CCOC(C)=C1C(=O)N(c2ccccc2F)C(=O)c2ccccc21. The third kappa shape index (κ3) is 2.48. The van der Waals surface area contributed by atoms with Crippen LogP contribution in [0.3, 0.4) is 0 Å². The predicted molar refractivity (Wildman–Crippen MR) is 88.9 cm³/mol. The van der Waals surface area contributed by atoms with Crippen LogP contribution in [0.2, 0.25) is 0 Å². The number of amides is 2. The highest BCUT2D eigenvalue weighted by molar-refractivity contribution is 6.41. The van der Waals surface area contributed by atoms with Gasteiger partial charge in [0.15, 0.2) is 0 Å². The van der Waals surface area contributed by atoms with Crippen LogP contribution in [0, 0.1) is 5.82 Å². The van der Waals surface area contributed by atoms with Crippen LogP contribution in [0.15, 0.2) is 54.3 Å². The highest BCUT2D eigenvalue weighted by Crippen LogP contribution is 2.34. The molecule has 2 aromatic rings. The van der Waals surface area contributed by atoms with E-state index in [1.807, 2.05) is 6.92 Å². The smallest absolute Gasteiger partial charge is 0.269 e. The Labute approximate surface area is 139 Å². The van der Waals surface area contributed by atoms with E-state index in [0.29, 0.717) is 23.5 Å². The Morgan fingerprint density at radius 1 is 1.00 bits per heavy atom. The summed E-state index contributed by atoms with van der Waals surface area (Å²) in [6.07, 6.45) is 0. The van der Waals surface area contributed by atoms with Crippen molar-refractivity contribution in [3.05, 3.63) is 71.2 Å². The van der Waals surface area contributed by atoms with Crippen molar-refractivity contribution < 1.29 is 18.7 Å². The van der Waals surface area contributed by atoms with Gasteiger partial charge in [0.1, 0.15) is 11.6 Å². The molecule has 0 fully saturated rings. The minimum absolute atomic E-state index is 0.0659. The van der Waals surface area contributed by atoms with Gasteiger partial charge in [-0.2, -0.15) is 0 Å². The summed E-state index contributed by atoms with van der Waals surface area (Å²) < 4.78 is 19.7. The number of nitrogens with zero attached hydrogens (tertiary/aromatic N) is 1.